The van der Waals surface area contributed by atoms with E-state index in [0.717, 1.165) is 0 Å². The van der Waals surface area contributed by atoms with Crippen molar-refractivity contribution >= 4 is 33.6 Å². The van der Waals surface area contributed by atoms with Gasteiger partial charge in [0.2, 0.25) is 0 Å². The molecule has 0 amide bonds. The van der Waals surface area contributed by atoms with Gasteiger partial charge in [-0.15, -0.1) is 18.3 Å². The van der Waals surface area contributed by atoms with Crippen molar-refractivity contribution in [1.82, 2.24) is 4.57 Å². The molecule has 188 valence electrons. The summed E-state index contributed by atoms with van der Waals surface area (Å²) in [5.41, 5.74) is 10.0. The number of aromatic nitrogens is 1. The molecule has 0 spiro atoms. The molecule has 6 aromatic rings. The molecule has 1 aliphatic heterocycles. The molecule has 1 aromatic heterocycles. The summed E-state index contributed by atoms with van der Waals surface area (Å²) in [6, 6.07) is 42.0. The molecule has 39 heavy (non-hydrogen) atoms. The molecule has 7 rings (SSSR count). The Morgan fingerprint density at radius 2 is 1.33 bits per heavy atom. The van der Waals surface area contributed by atoms with Crippen molar-refractivity contribution < 1.29 is 0 Å². The lowest BCUT2D eigenvalue weighted by Gasteiger charge is -2.13. The Morgan fingerprint density at radius 3 is 2.05 bits per heavy atom. The quantitative estimate of drug-likeness (QED) is 0.205. The average Bonchev–Trinajstić information content (AvgIpc) is 3.53. The van der Waals surface area contributed by atoms with Gasteiger partial charge in [0, 0.05) is 32.5 Å². The van der Waals surface area contributed by atoms with E-state index in [1.165, 1.54) is 60.2 Å². The van der Waals surface area contributed by atoms with E-state index in [4.69, 9.17) is 0 Å². The lowest BCUT2D eigenvalue weighted by Crippen LogP contribution is -2.03. The maximum atomic E-state index is 4.12. The Morgan fingerprint density at radius 1 is 0.692 bits per heavy atom. The van der Waals surface area contributed by atoms with Gasteiger partial charge >= 0.3 is 0 Å². The van der Waals surface area contributed by atoms with E-state index in [2.05, 4.69) is 152 Å². The lowest BCUT2D eigenvalue weighted by atomic mass is 9.91. The van der Waals surface area contributed by atoms with Crippen LogP contribution in [-0.2, 0) is 0 Å². The Bertz CT molecular complexity index is 1840. The number of allylic oxidation sites excluding steroid dienone is 2. The van der Waals surface area contributed by atoms with E-state index in [0.29, 0.717) is 11.2 Å². The molecule has 0 saturated carbocycles. The van der Waals surface area contributed by atoms with Gasteiger partial charge in [-0.1, -0.05) is 103 Å². The molecular formula is C37H29NS. The van der Waals surface area contributed by atoms with E-state index in [1.54, 1.807) is 0 Å². The van der Waals surface area contributed by atoms with Crippen LogP contribution in [0.15, 0.2) is 145 Å². The zero-order valence-electron chi connectivity index (χ0n) is 21.9. The van der Waals surface area contributed by atoms with Crippen molar-refractivity contribution in [1.29, 1.82) is 0 Å². The molecule has 2 heteroatoms. The second-order valence-electron chi connectivity index (χ2n) is 10.1. The van der Waals surface area contributed by atoms with Crippen LogP contribution in [0.5, 0.6) is 0 Å². The molecule has 0 bridgehead atoms. The maximum absolute atomic E-state index is 4.12. The van der Waals surface area contributed by atoms with Crippen LogP contribution < -0.4 is 0 Å². The van der Waals surface area contributed by atoms with Crippen LogP contribution in [0.2, 0.25) is 0 Å². The summed E-state index contributed by atoms with van der Waals surface area (Å²) in [5, 5.41) is 2.93. The van der Waals surface area contributed by atoms with Gasteiger partial charge in [-0.2, -0.15) is 0 Å². The summed E-state index contributed by atoms with van der Waals surface area (Å²) in [4.78, 5) is 1.38. The molecule has 0 N–H and O–H groups in total. The molecular weight excluding hydrogens is 490 g/mol. The van der Waals surface area contributed by atoms with E-state index < -0.39 is 0 Å². The van der Waals surface area contributed by atoms with Gasteiger partial charge in [0.1, 0.15) is 0 Å². The van der Waals surface area contributed by atoms with Crippen molar-refractivity contribution in [3.63, 3.8) is 0 Å². The monoisotopic (exact) mass is 519 g/mol. The number of fused-ring (bicyclic) bond motifs is 4. The van der Waals surface area contributed by atoms with Crippen molar-refractivity contribution in [2.75, 3.05) is 0 Å². The van der Waals surface area contributed by atoms with Crippen LogP contribution in [0.4, 0.5) is 0 Å². The Balaban J connectivity index is 1.33. The second kappa shape index (κ2) is 9.80. The first-order valence-corrected chi connectivity index (χ1v) is 14.4. The van der Waals surface area contributed by atoms with Gasteiger partial charge in [-0.25, -0.2) is 0 Å². The summed E-state index contributed by atoms with van der Waals surface area (Å²) in [6.45, 7) is 6.23. The number of para-hydroxylation sites is 2. The minimum absolute atomic E-state index is 0.364. The van der Waals surface area contributed by atoms with E-state index in [1.807, 2.05) is 11.8 Å². The zero-order valence-corrected chi connectivity index (χ0v) is 22.7. The SMILES string of the molecule is C=CC1Sc2c(-c3cccc(-c4cccc(-n5c6ccccc6c6ccccc65)c4)c3)cccc2C1/C=C\C. The van der Waals surface area contributed by atoms with Gasteiger partial charge in [0.15, 0.2) is 0 Å². The summed E-state index contributed by atoms with van der Waals surface area (Å²) < 4.78 is 2.38. The molecule has 1 nitrogen and oxygen atoms in total. The van der Waals surface area contributed by atoms with Crippen molar-refractivity contribution in [2.24, 2.45) is 0 Å². The molecule has 2 atom stereocenters. The second-order valence-corrected chi connectivity index (χ2v) is 11.3. The van der Waals surface area contributed by atoms with Gasteiger partial charge in [-0.05, 0) is 65.1 Å². The van der Waals surface area contributed by atoms with Crippen molar-refractivity contribution in [3.05, 3.63) is 146 Å². The van der Waals surface area contributed by atoms with Gasteiger partial charge < -0.3 is 4.57 Å². The molecule has 0 fully saturated rings. The van der Waals surface area contributed by atoms with Crippen LogP contribution in [0, 0.1) is 0 Å². The number of hydrogen-bond acceptors (Lipinski definition) is 1. The molecule has 0 saturated heterocycles. The predicted octanol–water partition coefficient (Wildman–Crippen LogP) is 10.4. The topological polar surface area (TPSA) is 4.93 Å². The summed E-state index contributed by atoms with van der Waals surface area (Å²) in [6.07, 6.45) is 6.56. The molecule has 5 aromatic carbocycles. The highest BCUT2D eigenvalue weighted by Crippen LogP contribution is 2.50. The van der Waals surface area contributed by atoms with Crippen LogP contribution in [0.25, 0.3) is 49.7 Å². The third-order valence-electron chi connectivity index (χ3n) is 7.84. The lowest BCUT2D eigenvalue weighted by molar-refractivity contribution is 0.891. The van der Waals surface area contributed by atoms with Gasteiger partial charge in [-0.3, -0.25) is 0 Å². The Kier molecular flexibility index (Phi) is 5.98. The maximum Gasteiger partial charge on any atom is 0.0541 e. The fraction of sp³-hybridized carbons (Fsp3) is 0.0811. The number of thioether (sulfide) groups is 1. The van der Waals surface area contributed by atoms with Crippen LogP contribution in [0.3, 0.4) is 0 Å². The normalized spacial score (nSPS) is 16.7. The van der Waals surface area contributed by atoms with Crippen molar-refractivity contribution in [2.45, 2.75) is 23.0 Å². The summed E-state index contributed by atoms with van der Waals surface area (Å²) >= 11 is 1.94. The summed E-state index contributed by atoms with van der Waals surface area (Å²) in [5.74, 6) is 0.374. The first-order valence-electron chi connectivity index (χ1n) is 13.5. The molecule has 0 radical (unpaired) electrons. The minimum Gasteiger partial charge on any atom is -0.309 e. The molecule has 1 aliphatic rings. The standard InChI is InChI=1S/C37H29NS/c1-3-12-32-33-20-11-19-29(37(33)39-36(32)4-2)27-15-9-13-25(23-27)26-14-10-16-28(24-26)38-34-21-7-5-17-30(34)31-18-6-8-22-35(31)38/h3-24,32,36H,2H2,1H3/b12-3-. The third kappa shape index (κ3) is 3.95. The first-order chi connectivity index (χ1) is 19.3. The Labute approximate surface area is 234 Å². The highest BCUT2D eigenvalue weighted by atomic mass is 32.2. The van der Waals surface area contributed by atoms with E-state index in [9.17, 15) is 0 Å². The molecule has 2 heterocycles. The number of nitrogens with zero attached hydrogens (tertiary/aromatic N) is 1. The van der Waals surface area contributed by atoms with E-state index >= 15 is 0 Å². The highest BCUT2D eigenvalue weighted by molar-refractivity contribution is 8.00. The predicted molar refractivity (Wildman–Crippen MR) is 169 cm³/mol. The molecule has 2 unspecified atom stereocenters. The van der Waals surface area contributed by atoms with Crippen LogP contribution >= 0.6 is 11.8 Å². The number of hydrogen-bond donors (Lipinski definition) is 0. The fourth-order valence-corrected chi connectivity index (χ4v) is 7.47. The largest absolute Gasteiger partial charge is 0.309 e. The van der Waals surface area contributed by atoms with Crippen LogP contribution in [0.1, 0.15) is 18.4 Å². The first kappa shape index (κ1) is 23.8. The number of rotatable bonds is 5. The van der Waals surface area contributed by atoms with Crippen molar-refractivity contribution in [3.8, 4) is 27.9 Å². The van der Waals surface area contributed by atoms with E-state index in [-0.39, 0.29) is 0 Å². The minimum atomic E-state index is 0.364. The highest BCUT2D eigenvalue weighted by Gasteiger charge is 2.31. The van der Waals surface area contributed by atoms with Crippen LogP contribution in [-0.4, -0.2) is 9.82 Å². The zero-order chi connectivity index (χ0) is 26.3. The third-order valence-corrected chi connectivity index (χ3v) is 9.29. The van der Waals surface area contributed by atoms with Gasteiger partial charge in [0.05, 0.1) is 11.0 Å². The fourth-order valence-electron chi connectivity index (χ4n) is 6.07. The molecule has 0 aliphatic carbocycles. The average molecular weight is 520 g/mol. The smallest absolute Gasteiger partial charge is 0.0541 e. The van der Waals surface area contributed by atoms with Gasteiger partial charge in [0.25, 0.3) is 0 Å². The summed E-state index contributed by atoms with van der Waals surface area (Å²) in [7, 11) is 0. The number of benzene rings is 5. The Hall–Kier alpha value is -4.27.